The fourth-order valence-corrected chi connectivity index (χ4v) is 3.13. The maximum absolute atomic E-state index is 12.5. The minimum absolute atomic E-state index is 0.165. The number of nitrogens with one attached hydrogen (secondary N) is 1. The second-order valence-electron chi connectivity index (χ2n) is 6.52. The van der Waals surface area contributed by atoms with E-state index in [2.05, 4.69) is 10.3 Å². The molecule has 0 spiro atoms. The van der Waals surface area contributed by atoms with Gasteiger partial charge in [-0.25, -0.2) is 14.7 Å². The molecule has 1 N–H and O–H groups in total. The largest absolute Gasteiger partial charge is 0.452 e. The number of nitrogens with zero attached hydrogens (tertiary/aromatic N) is 2. The van der Waals surface area contributed by atoms with Gasteiger partial charge in [0.05, 0.1) is 27.4 Å². The molecular formula is C22H14ClN3O5. The van der Waals surface area contributed by atoms with E-state index in [-0.39, 0.29) is 11.4 Å². The molecule has 1 aromatic heterocycles. The van der Waals surface area contributed by atoms with E-state index in [1.165, 1.54) is 36.5 Å². The van der Waals surface area contributed by atoms with Crippen LogP contribution in [-0.4, -0.2) is 35.3 Å². The molecule has 1 aliphatic rings. The van der Waals surface area contributed by atoms with Crippen molar-refractivity contribution in [3.8, 4) is 0 Å². The Hall–Kier alpha value is -4.04. The lowest BCUT2D eigenvalue weighted by Gasteiger charge is -2.14. The van der Waals surface area contributed by atoms with E-state index in [1.54, 1.807) is 30.3 Å². The van der Waals surface area contributed by atoms with Crippen LogP contribution in [0.15, 0.2) is 66.9 Å². The van der Waals surface area contributed by atoms with E-state index in [0.29, 0.717) is 21.8 Å². The lowest BCUT2D eigenvalue weighted by molar-refractivity contribution is -0.119. The van der Waals surface area contributed by atoms with Gasteiger partial charge in [0.2, 0.25) is 0 Å². The minimum atomic E-state index is -0.729. The van der Waals surface area contributed by atoms with Crippen molar-refractivity contribution in [2.75, 3.05) is 16.8 Å². The Morgan fingerprint density at radius 3 is 2.16 bits per heavy atom. The number of pyridine rings is 1. The lowest BCUT2D eigenvalue weighted by atomic mass is 10.1. The van der Waals surface area contributed by atoms with E-state index < -0.39 is 30.3 Å². The number of carbonyl (C=O) groups is 4. The molecular weight excluding hydrogens is 422 g/mol. The first kappa shape index (κ1) is 20.2. The van der Waals surface area contributed by atoms with Crippen LogP contribution in [-0.2, 0) is 9.53 Å². The number of esters is 1. The summed E-state index contributed by atoms with van der Waals surface area (Å²) in [5, 5.41) is 2.90. The zero-order valence-electron chi connectivity index (χ0n) is 15.9. The van der Waals surface area contributed by atoms with Crippen molar-refractivity contribution in [3.63, 3.8) is 0 Å². The van der Waals surface area contributed by atoms with Crippen LogP contribution < -0.4 is 10.2 Å². The van der Waals surface area contributed by atoms with Crippen LogP contribution in [0.4, 0.5) is 11.5 Å². The summed E-state index contributed by atoms with van der Waals surface area (Å²) in [6.45, 7) is -0.511. The third-order valence-electron chi connectivity index (χ3n) is 4.48. The number of aromatic nitrogens is 1. The van der Waals surface area contributed by atoms with Crippen molar-refractivity contribution in [2.45, 2.75) is 0 Å². The summed E-state index contributed by atoms with van der Waals surface area (Å²) in [6.07, 6.45) is 1.37. The van der Waals surface area contributed by atoms with Crippen molar-refractivity contribution >= 4 is 46.8 Å². The number of fused-ring (bicyclic) bond motifs is 1. The summed E-state index contributed by atoms with van der Waals surface area (Å²) >= 11 is 5.73. The first-order valence-corrected chi connectivity index (χ1v) is 9.48. The van der Waals surface area contributed by atoms with Crippen LogP contribution in [0.1, 0.15) is 31.1 Å². The Kier molecular flexibility index (Phi) is 5.46. The number of hydrogen-bond acceptors (Lipinski definition) is 6. The van der Waals surface area contributed by atoms with Crippen LogP contribution in [0.5, 0.6) is 0 Å². The molecule has 2 aromatic carbocycles. The molecule has 0 saturated heterocycles. The van der Waals surface area contributed by atoms with Gasteiger partial charge in [0.15, 0.2) is 6.61 Å². The SMILES string of the molecule is O=C(COC(=O)c1ccc(N2C(=O)c3ccccc3C2=O)cc1)Nc1ccc(Cl)cn1. The number of anilines is 2. The third kappa shape index (κ3) is 4.15. The highest BCUT2D eigenvalue weighted by Gasteiger charge is 2.36. The second kappa shape index (κ2) is 8.37. The Labute approximate surface area is 181 Å². The number of rotatable bonds is 5. The molecule has 3 amide bonds. The van der Waals surface area contributed by atoms with Crippen molar-refractivity contribution in [3.05, 3.63) is 88.6 Å². The number of hydrogen-bond donors (Lipinski definition) is 1. The highest BCUT2D eigenvalue weighted by molar-refractivity contribution is 6.34. The first-order chi connectivity index (χ1) is 14.9. The quantitative estimate of drug-likeness (QED) is 0.486. The summed E-state index contributed by atoms with van der Waals surface area (Å²) in [5.41, 5.74) is 1.15. The molecule has 0 unspecified atom stereocenters. The summed E-state index contributed by atoms with van der Waals surface area (Å²) in [5.74, 6) is -1.87. The van der Waals surface area contributed by atoms with E-state index >= 15 is 0 Å². The molecule has 0 bridgehead atoms. The van der Waals surface area contributed by atoms with Gasteiger partial charge in [-0.05, 0) is 48.5 Å². The highest BCUT2D eigenvalue weighted by Crippen LogP contribution is 2.28. The fraction of sp³-hybridized carbons (Fsp3) is 0.0455. The van der Waals surface area contributed by atoms with Crippen LogP contribution in [0, 0.1) is 0 Å². The van der Waals surface area contributed by atoms with Crippen molar-refractivity contribution in [1.82, 2.24) is 4.98 Å². The highest BCUT2D eigenvalue weighted by atomic mass is 35.5. The number of amides is 3. The van der Waals surface area contributed by atoms with Crippen LogP contribution in [0.25, 0.3) is 0 Å². The van der Waals surface area contributed by atoms with Gasteiger partial charge in [-0.15, -0.1) is 0 Å². The molecule has 0 aliphatic carbocycles. The lowest BCUT2D eigenvalue weighted by Crippen LogP contribution is -2.29. The smallest absolute Gasteiger partial charge is 0.338 e. The summed E-state index contributed by atoms with van der Waals surface area (Å²) in [7, 11) is 0. The predicted molar refractivity (Wildman–Crippen MR) is 112 cm³/mol. The molecule has 0 atom stereocenters. The van der Waals surface area contributed by atoms with Gasteiger partial charge in [0.1, 0.15) is 5.82 Å². The number of imide groups is 1. The Morgan fingerprint density at radius 1 is 0.935 bits per heavy atom. The Bertz CT molecular complexity index is 1160. The summed E-state index contributed by atoms with van der Waals surface area (Å²) in [6, 6.07) is 15.4. The molecule has 154 valence electrons. The van der Waals surface area contributed by atoms with Gasteiger partial charge in [0.25, 0.3) is 17.7 Å². The Balaban J connectivity index is 1.37. The van der Waals surface area contributed by atoms with Crippen molar-refractivity contribution in [1.29, 1.82) is 0 Å². The third-order valence-corrected chi connectivity index (χ3v) is 4.71. The van der Waals surface area contributed by atoms with Gasteiger partial charge in [-0.1, -0.05) is 23.7 Å². The predicted octanol–water partition coefficient (Wildman–Crippen LogP) is 3.33. The molecule has 1 aliphatic heterocycles. The number of benzene rings is 2. The number of carbonyl (C=O) groups excluding carboxylic acids is 4. The standard InChI is InChI=1S/C22H14ClN3O5/c23-14-7-10-18(24-11-14)25-19(27)12-31-22(30)13-5-8-15(9-6-13)26-20(28)16-3-1-2-4-17(16)21(26)29/h1-11H,12H2,(H,24,25,27). The molecule has 9 heteroatoms. The van der Waals surface area contributed by atoms with E-state index in [9.17, 15) is 19.2 Å². The van der Waals surface area contributed by atoms with Crippen molar-refractivity contribution in [2.24, 2.45) is 0 Å². The zero-order chi connectivity index (χ0) is 22.0. The minimum Gasteiger partial charge on any atom is -0.452 e. The van der Waals surface area contributed by atoms with E-state index in [0.717, 1.165) is 4.90 Å². The molecule has 2 heterocycles. The normalized spacial score (nSPS) is 12.5. The molecule has 31 heavy (non-hydrogen) atoms. The van der Waals surface area contributed by atoms with Crippen molar-refractivity contribution < 1.29 is 23.9 Å². The average molecular weight is 436 g/mol. The fourth-order valence-electron chi connectivity index (χ4n) is 3.01. The van der Waals surface area contributed by atoms with Crippen LogP contribution in [0.2, 0.25) is 5.02 Å². The summed E-state index contributed by atoms with van der Waals surface area (Å²) in [4.78, 5) is 54.1. The summed E-state index contributed by atoms with van der Waals surface area (Å²) < 4.78 is 4.99. The molecule has 3 aromatic rings. The van der Waals surface area contributed by atoms with Gasteiger partial charge in [0, 0.05) is 6.20 Å². The van der Waals surface area contributed by atoms with Gasteiger partial charge in [-0.2, -0.15) is 0 Å². The number of halogens is 1. The van der Waals surface area contributed by atoms with Crippen LogP contribution in [0.3, 0.4) is 0 Å². The molecule has 8 nitrogen and oxygen atoms in total. The zero-order valence-corrected chi connectivity index (χ0v) is 16.6. The molecule has 0 radical (unpaired) electrons. The Morgan fingerprint density at radius 2 is 1.58 bits per heavy atom. The maximum atomic E-state index is 12.5. The van der Waals surface area contributed by atoms with Crippen LogP contribution >= 0.6 is 11.6 Å². The average Bonchev–Trinajstić information content (AvgIpc) is 3.04. The molecule has 4 rings (SSSR count). The number of ether oxygens (including phenoxy) is 1. The molecule has 0 saturated carbocycles. The monoisotopic (exact) mass is 435 g/mol. The van der Waals surface area contributed by atoms with Gasteiger partial charge < -0.3 is 10.1 Å². The molecule has 0 fully saturated rings. The van der Waals surface area contributed by atoms with Gasteiger partial charge >= 0.3 is 5.97 Å². The maximum Gasteiger partial charge on any atom is 0.338 e. The second-order valence-corrected chi connectivity index (χ2v) is 6.96. The van der Waals surface area contributed by atoms with E-state index in [1.807, 2.05) is 0 Å². The van der Waals surface area contributed by atoms with Gasteiger partial charge in [-0.3, -0.25) is 14.4 Å². The van der Waals surface area contributed by atoms with E-state index in [4.69, 9.17) is 16.3 Å². The first-order valence-electron chi connectivity index (χ1n) is 9.10. The topological polar surface area (TPSA) is 106 Å².